The maximum Gasteiger partial charge on any atom is 0.316 e. The number of nitrogens with zero attached hydrogens (tertiary/aromatic N) is 3. The second-order valence-corrected chi connectivity index (χ2v) is 4.16. The summed E-state index contributed by atoms with van der Waals surface area (Å²) in [6, 6.07) is 4.05. The third kappa shape index (κ3) is 3.09. The average Bonchev–Trinajstić information content (AvgIpc) is 2.86. The van der Waals surface area contributed by atoms with Crippen molar-refractivity contribution in [3.05, 3.63) is 35.9 Å². The fourth-order valence-electron chi connectivity index (χ4n) is 1.78. The van der Waals surface area contributed by atoms with Crippen molar-refractivity contribution in [2.24, 2.45) is 0 Å². The summed E-state index contributed by atoms with van der Waals surface area (Å²) in [6.07, 6.45) is 3.67. The molecule has 0 aliphatic rings. The van der Waals surface area contributed by atoms with Crippen molar-refractivity contribution in [3.63, 3.8) is 0 Å². The van der Waals surface area contributed by atoms with Gasteiger partial charge >= 0.3 is 6.01 Å². The number of carbonyl (C=O) groups is 1. The van der Waals surface area contributed by atoms with Crippen LogP contribution in [-0.4, -0.2) is 27.6 Å². The molecular formula is C13H16N4O2. The lowest BCUT2D eigenvalue weighted by Gasteiger charge is -2.11. The molecule has 0 bridgehead atoms. The van der Waals surface area contributed by atoms with E-state index in [9.17, 15) is 4.79 Å². The lowest BCUT2D eigenvalue weighted by Crippen LogP contribution is -2.20. The minimum Gasteiger partial charge on any atom is -0.467 e. The number of ether oxygens (including phenoxy) is 1. The van der Waals surface area contributed by atoms with Crippen LogP contribution in [0, 0.1) is 13.8 Å². The van der Waals surface area contributed by atoms with Crippen molar-refractivity contribution < 1.29 is 9.53 Å². The van der Waals surface area contributed by atoms with Crippen molar-refractivity contribution >= 4 is 11.6 Å². The molecule has 0 aliphatic heterocycles. The Morgan fingerprint density at radius 3 is 2.37 bits per heavy atom. The van der Waals surface area contributed by atoms with Crippen LogP contribution in [-0.2, 0) is 11.3 Å². The fourth-order valence-corrected chi connectivity index (χ4v) is 1.78. The van der Waals surface area contributed by atoms with Crippen molar-refractivity contribution in [1.82, 2.24) is 14.5 Å². The maximum absolute atomic E-state index is 11.9. The van der Waals surface area contributed by atoms with E-state index >= 15 is 0 Å². The van der Waals surface area contributed by atoms with Gasteiger partial charge in [0.1, 0.15) is 6.54 Å². The maximum atomic E-state index is 11.9. The molecule has 0 spiro atoms. The number of amides is 1. The summed E-state index contributed by atoms with van der Waals surface area (Å²) in [5, 5.41) is 2.83. The van der Waals surface area contributed by atoms with E-state index in [0.717, 1.165) is 0 Å². The number of aromatic nitrogens is 3. The molecule has 6 nitrogen and oxygen atoms in total. The highest BCUT2D eigenvalue weighted by atomic mass is 16.5. The van der Waals surface area contributed by atoms with Gasteiger partial charge in [0.2, 0.25) is 5.91 Å². The second-order valence-electron chi connectivity index (χ2n) is 4.16. The number of rotatable bonds is 4. The van der Waals surface area contributed by atoms with Gasteiger partial charge in [-0.1, -0.05) is 0 Å². The monoisotopic (exact) mass is 260 g/mol. The number of carbonyl (C=O) groups excluding carboxylic acids is 1. The van der Waals surface area contributed by atoms with Crippen LogP contribution in [0.4, 0.5) is 5.69 Å². The van der Waals surface area contributed by atoms with E-state index in [0.29, 0.717) is 23.1 Å². The van der Waals surface area contributed by atoms with E-state index < -0.39 is 0 Å². The summed E-state index contributed by atoms with van der Waals surface area (Å²) in [4.78, 5) is 20.2. The Hall–Kier alpha value is -2.37. The van der Waals surface area contributed by atoms with Crippen LogP contribution in [0.1, 0.15) is 11.4 Å². The van der Waals surface area contributed by atoms with E-state index in [1.165, 1.54) is 7.11 Å². The molecule has 2 aromatic heterocycles. The first-order valence-electron chi connectivity index (χ1n) is 5.90. The Morgan fingerprint density at radius 2 is 1.84 bits per heavy atom. The van der Waals surface area contributed by atoms with Crippen LogP contribution in [0.25, 0.3) is 0 Å². The largest absolute Gasteiger partial charge is 0.467 e. The van der Waals surface area contributed by atoms with Gasteiger partial charge in [-0.3, -0.25) is 4.79 Å². The zero-order chi connectivity index (χ0) is 13.8. The Labute approximate surface area is 111 Å². The second kappa shape index (κ2) is 5.51. The SMILES string of the molecule is COc1nc(C)c(NC(=O)Cn2cccc2)c(C)n1. The third-order valence-corrected chi connectivity index (χ3v) is 2.69. The van der Waals surface area contributed by atoms with Gasteiger partial charge in [0.15, 0.2) is 0 Å². The molecule has 0 unspecified atom stereocenters. The number of methoxy groups -OCH3 is 1. The minimum absolute atomic E-state index is 0.115. The number of anilines is 1. The molecule has 0 radical (unpaired) electrons. The molecule has 2 heterocycles. The van der Waals surface area contributed by atoms with Crippen LogP contribution >= 0.6 is 0 Å². The highest BCUT2D eigenvalue weighted by Crippen LogP contribution is 2.19. The van der Waals surface area contributed by atoms with Crippen LogP contribution < -0.4 is 10.1 Å². The quantitative estimate of drug-likeness (QED) is 0.905. The molecule has 6 heteroatoms. The van der Waals surface area contributed by atoms with Crippen LogP contribution in [0.5, 0.6) is 6.01 Å². The molecule has 1 N–H and O–H groups in total. The van der Waals surface area contributed by atoms with Crippen LogP contribution in [0.2, 0.25) is 0 Å². The fraction of sp³-hybridized carbons (Fsp3) is 0.308. The first kappa shape index (κ1) is 13.1. The molecule has 0 saturated carbocycles. The lowest BCUT2D eigenvalue weighted by molar-refractivity contribution is -0.116. The Bertz CT molecular complexity index is 555. The normalized spacial score (nSPS) is 10.3. The standard InChI is InChI=1S/C13H16N4O2/c1-9-12(10(2)15-13(14-9)19-3)16-11(18)8-17-6-4-5-7-17/h4-7H,8H2,1-3H3,(H,16,18). The van der Waals surface area contributed by atoms with Gasteiger partial charge in [-0.2, -0.15) is 9.97 Å². The van der Waals surface area contributed by atoms with Gasteiger partial charge in [-0.25, -0.2) is 0 Å². The topological polar surface area (TPSA) is 69.0 Å². The molecule has 100 valence electrons. The van der Waals surface area contributed by atoms with E-state index in [-0.39, 0.29) is 12.5 Å². The molecule has 0 saturated heterocycles. The number of aryl methyl sites for hydroxylation is 2. The van der Waals surface area contributed by atoms with E-state index in [1.807, 2.05) is 38.4 Å². The number of nitrogens with one attached hydrogen (secondary N) is 1. The van der Waals surface area contributed by atoms with Gasteiger partial charge in [-0.15, -0.1) is 0 Å². The van der Waals surface area contributed by atoms with Crippen LogP contribution in [0.3, 0.4) is 0 Å². The van der Waals surface area contributed by atoms with Crippen LogP contribution in [0.15, 0.2) is 24.5 Å². The summed E-state index contributed by atoms with van der Waals surface area (Å²) in [6.45, 7) is 3.88. The summed E-state index contributed by atoms with van der Waals surface area (Å²) < 4.78 is 6.78. The molecule has 19 heavy (non-hydrogen) atoms. The van der Waals surface area contributed by atoms with E-state index in [1.54, 1.807) is 4.57 Å². The van der Waals surface area contributed by atoms with Crippen molar-refractivity contribution in [3.8, 4) is 6.01 Å². The predicted molar refractivity (Wildman–Crippen MR) is 71.1 cm³/mol. The average molecular weight is 260 g/mol. The Balaban J connectivity index is 2.12. The smallest absolute Gasteiger partial charge is 0.316 e. The first-order valence-corrected chi connectivity index (χ1v) is 5.90. The molecule has 0 aliphatic carbocycles. The summed E-state index contributed by atoms with van der Waals surface area (Å²) in [7, 11) is 1.51. The summed E-state index contributed by atoms with van der Waals surface area (Å²) in [5.74, 6) is -0.115. The van der Waals surface area contributed by atoms with E-state index in [4.69, 9.17) is 4.74 Å². The lowest BCUT2D eigenvalue weighted by atomic mass is 10.3. The highest BCUT2D eigenvalue weighted by Gasteiger charge is 2.11. The van der Waals surface area contributed by atoms with Crippen molar-refractivity contribution in [2.75, 3.05) is 12.4 Å². The Morgan fingerprint density at radius 1 is 1.26 bits per heavy atom. The molecule has 0 fully saturated rings. The third-order valence-electron chi connectivity index (χ3n) is 2.69. The highest BCUT2D eigenvalue weighted by molar-refractivity contribution is 5.91. The van der Waals surface area contributed by atoms with Gasteiger partial charge in [0.25, 0.3) is 0 Å². The van der Waals surface area contributed by atoms with Gasteiger partial charge in [-0.05, 0) is 26.0 Å². The molecule has 0 atom stereocenters. The minimum atomic E-state index is -0.115. The molecule has 2 aromatic rings. The first-order chi connectivity index (χ1) is 9.10. The van der Waals surface area contributed by atoms with Crippen molar-refractivity contribution in [1.29, 1.82) is 0 Å². The molecular weight excluding hydrogens is 244 g/mol. The molecule has 1 amide bonds. The summed E-state index contributed by atoms with van der Waals surface area (Å²) >= 11 is 0. The number of hydrogen-bond donors (Lipinski definition) is 1. The van der Waals surface area contributed by atoms with Crippen molar-refractivity contribution in [2.45, 2.75) is 20.4 Å². The zero-order valence-electron chi connectivity index (χ0n) is 11.2. The zero-order valence-corrected chi connectivity index (χ0v) is 11.2. The molecule has 0 aromatic carbocycles. The summed E-state index contributed by atoms with van der Waals surface area (Å²) in [5.41, 5.74) is 2.01. The predicted octanol–water partition coefficient (Wildman–Crippen LogP) is 1.54. The molecule has 2 rings (SSSR count). The van der Waals surface area contributed by atoms with E-state index in [2.05, 4.69) is 15.3 Å². The van der Waals surface area contributed by atoms with Gasteiger partial charge < -0.3 is 14.6 Å². The van der Waals surface area contributed by atoms with Gasteiger partial charge in [0.05, 0.1) is 24.2 Å². The van der Waals surface area contributed by atoms with Gasteiger partial charge in [0, 0.05) is 12.4 Å². The number of hydrogen-bond acceptors (Lipinski definition) is 4. The Kier molecular flexibility index (Phi) is 3.79.